The second-order valence-corrected chi connectivity index (χ2v) is 6.09. The second kappa shape index (κ2) is 7.88. The van der Waals surface area contributed by atoms with E-state index in [1.54, 1.807) is 36.4 Å². The van der Waals surface area contributed by atoms with Crippen LogP contribution in [-0.2, 0) is 9.59 Å². The summed E-state index contributed by atoms with van der Waals surface area (Å²) in [4.78, 5) is 37.0. The molecule has 0 aliphatic rings. The topological polar surface area (TPSA) is 66.5 Å². The molecule has 0 aliphatic heterocycles. The molecule has 5 nitrogen and oxygen atoms in total. The standard InChI is InChI=1S/C18H17BrN2O3/c1-12(22)14-6-5-7-15(10-14)21(13(2)23)11-18(24)20-17-9-4-3-8-16(17)19/h3-10H,11H2,1-2H3,(H,20,24). The monoisotopic (exact) mass is 388 g/mol. The van der Waals surface area contributed by atoms with Crippen molar-refractivity contribution in [3.63, 3.8) is 0 Å². The van der Waals surface area contributed by atoms with E-state index in [1.807, 2.05) is 12.1 Å². The summed E-state index contributed by atoms with van der Waals surface area (Å²) in [6.45, 7) is 2.70. The zero-order valence-corrected chi connectivity index (χ0v) is 15.0. The van der Waals surface area contributed by atoms with E-state index in [9.17, 15) is 14.4 Å². The summed E-state index contributed by atoms with van der Waals surface area (Å²) in [5.41, 5.74) is 1.63. The summed E-state index contributed by atoms with van der Waals surface area (Å²) < 4.78 is 0.756. The first-order valence-electron chi connectivity index (χ1n) is 7.32. The van der Waals surface area contributed by atoms with E-state index in [0.717, 1.165) is 4.47 Å². The molecule has 124 valence electrons. The van der Waals surface area contributed by atoms with Crippen LogP contribution in [-0.4, -0.2) is 24.1 Å². The number of amides is 2. The lowest BCUT2D eigenvalue weighted by atomic mass is 10.1. The Balaban J connectivity index is 2.18. The summed E-state index contributed by atoms with van der Waals surface area (Å²) in [6.07, 6.45) is 0. The molecule has 6 heteroatoms. The normalized spacial score (nSPS) is 10.1. The number of rotatable bonds is 5. The lowest BCUT2D eigenvalue weighted by Crippen LogP contribution is -2.36. The van der Waals surface area contributed by atoms with Crippen molar-refractivity contribution in [3.05, 3.63) is 58.6 Å². The van der Waals surface area contributed by atoms with Crippen molar-refractivity contribution in [1.29, 1.82) is 0 Å². The molecule has 2 aromatic carbocycles. The molecule has 0 heterocycles. The summed E-state index contributed by atoms with van der Waals surface area (Å²) in [7, 11) is 0. The van der Waals surface area contributed by atoms with Gasteiger partial charge >= 0.3 is 0 Å². The summed E-state index contributed by atoms with van der Waals surface area (Å²) in [5, 5.41) is 2.76. The molecule has 0 aliphatic carbocycles. The number of Topliss-reactive ketones (excluding diaryl/α,β-unsaturated/α-hetero) is 1. The van der Waals surface area contributed by atoms with Gasteiger partial charge < -0.3 is 10.2 Å². The van der Waals surface area contributed by atoms with Gasteiger partial charge in [-0.25, -0.2) is 0 Å². The smallest absolute Gasteiger partial charge is 0.244 e. The maximum atomic E-state index is 12.3. The van der Waals surface area contributed by atoms with Gasteiger partial charge in [0.15, 0.2) is 5.78 Å². The highest BCUT2D eigenvalue weighted by Gasteiger charge is 2.17. The summed E-state index contributed by atoms with van der Waals surface area (Å²) >= 11 is 3.36. The average molecular weight is 389 g/mol. The highest BCUT2D eigenvalue weighted by Crippen LogP contribution is 2.22. The van der Waals surface area contributed by atoms with Gasteiger partial charge in [0, 0.05) is 22.6 Å². The number of halogens is 1. The lowest BCUT2D eigenvalue weighted by Gasteiger charge is -2.21. The highest BCUT2D eigenvalue weighted by atomic mass is 79.9. The van der Waals surface area contributed by atoms with Crippen LogP contribution in [0, 0.1) is 0 Å². The molecule has 2 aromatic rings. The van der Waals surface area contributed by atoms with Crippen LogP contribution in [0.5, 0.6) is 0 Å². The number of hydrogen-bond donors (Lipinski definition) is 1. The van der Waals surface area contributed by atoms with E-state index >= 15 is 0 Å². The fraction of sp³-hybridized carbons (Fsp3) is 0.167. The largest absolute Gasteiger partial charge is 0.324 e. The van der Waals surface area contributed by atoms with Gasteiger partial charge in [0.05, 0.1) is 5.69 Å². The minimum absolute atomic E-state index is 0.0991. The molecule has 24 heavy (non-hydrogen) atoms. The molecule has 0 saturated carbocycles. The average Bonchev–Trinajstić information content (AvgIpc) is 2.54. The molecular weight excluding hydrogens is 372 g/mol. The van der Waals surface area contributed by atoms with E-state index in [0.29, 0.717) is 16.9 Å². The van der Waals surface area contributed by atoms with Gasteiger partial charge in [0.2, 0.25) is 11.8 Å². The first-order valence-corrected chi connectivity index (χ1v) is 8.11. The van der Waals surface area contributed by atoms with E-state index < -0.39 is 0 Å². The van der Waals surface area contributed by atoms with Crippen molar-refractivity contribution in [1.82, 2.24) is 0 Å². The minimum Gasteiger partial charge on any atom is -0.324 e. The first-order chi connectivity index (χ1) is 11.4. The van der Waals surface area contributed by atoms with Crippen molar-refractivity contribution < 1.29 is 14.4 Å². The number of benzene rings is 2. The Hall–Kier alpha value is -2.47. The van der Waals surface area contributed by atoms with Crippen LogP contribution in [0.15, 0.2) is 53.0 Å². The Morgan fingerprint density at radius 3 is 2.38 bits per heavy atom. The van der Waals surface area contributed by atoms with E-state index in [2.05, 4.69) is 21.2 Å². The third-order valence-electron chi connectivity index (χ3n) is 3.39. The molecule has 0 bridgehead atoms. The fourth-order valence-corrected chi connectivity index (χ4v) is 2.56. The molecular formula is C18H17BrN2O3. The van der Waals surface area contributed by atoms with E-state index in [4.69, 9.17) is 0 Å². The zero-order valence-electron chi connectivity index (χ0n) is 13.4. The first kappa shape index (κ1) is 17.9. The number of anilines is 2. The van der Waals surface area contributed by atoms with Crippen LogP contribution in [0.4, 0.5) is 11.4 Å². The van der Waals surface area contributed by atoms with E-state index in [-0.39, 0.29) is 24.1 Å². The summed E-state index contributed by atoms with van der Waals surface area (Å²) in [5.74, 6) is -0.707. The maximum absolute atomic E-state index is 12.3. The number of ketones is 1. The number of carbonyl (C=O) groups is 3. The quantitative estimate of drug-likeness (QED) is 0.794. The number of hydrogen-bond acceptors (Lipinski definition) is 3. The minimum atomic E-state index is -0.328. The van der Waals surface area contributed by atoms with Crippen LogP contribution in [0.1, 0.15) is 24.2 Å². The third kappa shape index (κ3) is 4.52. The molecule has 0 atom stereocenters. The van der Waals surface area contributed by atoms with Crippen molar-refractivity contribution in [2.45, 2.75) is 13.8 Å². The Morgan fingerprint density at radius 2 is 1.75 bits per heavy atom. The van der Waals surface area contributed by atoms with Gasteiger partial charge in [-0.2, -0.15) is 0 Å². The Labute approximate surface area is 148 Å². The Bertz CT molecular complexity index is 789. The Morgan fingerprint density at radius 1 is 1.04 bits per heavy atom. The van der Waals surface area contributed by atoms with Crippen LogP contribution in [0.3, 0.4) is 0 Å². The van der Waals surface area contributed by atoms with Gasteiger partial charge in [-0.1, -0.05) is 24.3 Å². The molecule has 0 fully saturated rings. The van der Waals surface area contributed by atoms with Crippen molar-refractivity contribution in [2.24, 2.45) is 0 Å². The lowest BCUT2D eigenvalue weighted by molar-refractivity contribution is -0.120. The zero-order chi connectivity index (χ0) is 17.7. The number of para-hydroxylation sites is 1. The SMILES string of the molecule is CC(=O)c1cccc(N(CC(=O)Nc2ccccc2Br)C(C)=O)c1. The second-order valence-electron chi connectivity index (χ2n) is 5.24. The van der Waals surface area contributed by atoms with Crippen LogP contribution in [0.2, 0.25) is 0 Å². The van der Waals surface area contributed by atoms with Crippen LogP contribution >= 0.6 is 15.9 Å². The van der Waals surface area contributed by atoms with Gasteiger partial charge in [-0.05, 0) is 47.1 Å². The molecule has 0 unspecified atom stereocenters. The predicted octanol–water partition coefficient (Wildman–Crippen LogP) is 3.64. The van der Waals surface area contributed by atoms with Crippen LogP contribution in [0.25, 0.3) is 0 Å². The predicted molar refractivity (Wildman–Crippen MR) is 97.2 cm³/mol. The van der Waals surface area contributed by atoms with Crippen LogP contribution < -0.4 is 10.2 Å². The number of nitrogens with zero attached hydrogens (tertiary/aromatic N) is 1. The molecule has 0 spiro atoms. The summed E-state index contributed by atoms with van der Waals surface area (Å²) in [6, 6.07) is 13.9. The van der Waals surface area contributed by atoms with Crippen molar-refractivity contribution in [2.75, 3.05) is 16.8 Å². The van der Waals surface area contributed by atoms with E-state index in [1.165, 1.54) is 18.7 Å². The maximum Gasteiger partial charge on any atom is 0.244 e. The molecule has 2 rings (SSSR count). The number of nitrogens with one attached hydrogen (secondary N) is 1. The van der Waals surface area contributed by atoms with Gasteiger partial charge in [0.25, 0.3) is 0 Å². The molecule has 1 N–H and O–H groups in total. The third-order valence-corrected chi connectivity index (χ3v) is 4.09. The molecule has 2 amide bonds. The van der Waals surface area contributed by atoms with Crippen molar-refractivity contribution in [3.8, 4) is 0 Å². The van der Waals surface area contributed by atoms with Gasteiger partial charge in [0.1, 0.15) is 6.54 Å². The molecule has 0 radical (unpaired) electrons. The van der Waals surface area contributed by atoms with Gasteiger partial charge in [-0.15, -0.1) is 0 Å². The molecule has 0 saturated heterocycles. The highest BCUT2D eigenvalue weighted by molar-refractivity contribution is 9.10. The molecule has 0 aromatic heterocycles. The number of carbonyl (C=O) groups excluding carboxylic acids is 3. The fourth-order valence-electron chi connectivity index (χ4n) is 2.17. The van der Waals surface area contributed by atoms with Crippen molar-refractivity contribution >= 4 is 44.9 Å². The van der Waals surface area contributed by atoms with Gasteiger partial charge in [-0.3, -0.25) is 14.4 Å². The Kier molecular flexibility index (Phi) is 5.87.